The van der Waals surface area contributed by atoms with Crippen LogP contribution in [0, 0.1) is 0 Å². The van der Waals surface area contributed by atoms with E-state index in [9.17, 15) is 4.79 Å². The Bertz CT molecular complexity index is 399. The number of nitrogens with two attached hydrogens (primary N) is 1. The average molecular weight is 277 g/mol. The van der Waals surface area contributed by atoms with Gasteiger partial charge >= 0.3 is 0 Å². The molecule has 1 rings (SSSR count). The standard InChI is InChI=1S/C11H14Cl2N2O2/c1-17-6-10(14)11(16)15-5-7-2-3-8(12)4-9(7)13/h2-4,10H,5-6,14H2,1H3,(H,15,16). The van der Waals surface area contributed by atoms with Crippen molar-refractivity contribution in [1.82, 2.24) is 5.32 Å². The van der Waals surface area contributed by atoms with Crippen LogP contribution in [0.1, 0.15) is 5.56 Å². The Balaban J connectivity index is 2.53. The molecule has 0 saturated carbocycles. The molecule has 0 aromatic heterocycles. The van der Waals surface area contributed by atoms with Crippen molar-refractivity contribution in [3.8, 4) is 0 Å². The Hall–Kier alpha value is -0.810. The quantitative estimate of drug-likeness (QED) is 0.859. The second-order valence-corrected chi connectivity index (χ2v) is 4.36. The molecular weight excluding hydrogens is 263 g/mol. The van der Waals surface area contributed by atoms with Gasteiger partial charge < -0.3 is 15.8 Å². The zero-order valence-corrected chi connectivity index (χ0v) is 10.9. The highest BCUT2D eigenvalue weighted by molar-refractivity contribution is 6.35. The maximum absolute atomic E-state index is 11.5. The lowest BCUT2D eigenvalue weighted by Gasteiger charge is -2.12. The number of amides is 1. The zero-order chi connectivity index (χ0) is 12.8. The topological polar surface area (TPSA) is 64.3 Å². The van der Waals surface area contributed by atoms with Gasteiger partial charge in [0.1, 0.15) is 6.04 Å². The van der Waals surface area contributed by atoms with Crippen molar-refractivity contribution in [3.63, 3.8) is 0 Å². The first-order valence-corrected chi connectivity index (χ1v) is 5.76. The van der Waals surface area contributed by atoms with E-state index in [-0.39, 0.29) is 12.5 Å². The maximum Gasteiger partial charge on any atom is 0.239 e. The van der Waals surface area contributed by atoms with Crippen LogP contribution in [0.25, 0.3) is 0 Å². The average Bonchev–Trinajstić information content (AvgIpc) is 2.27. The first-order valence-electron chi connectivity index (χ1n) is 5.00. The van der Waals surface area contributed by atoms with E-state index in [1.54, 1.807) is 18.2 Å². The third kappa shape index (κ3) is 4.52. The number of methoxy groups -OCH3 is 1. The Kier molecular flexibility index (Phi) is 5.71. The summed E-state index contributed by atoms with van der Waals surface area (Å²) in [6.45, 7) is 0.492. The van der Waals surface area contributed by atoms with Crippen molar-refractivity contribution in [2.24, 2.45) is 5.73 Å². The number of ether oxygens (including phenoxy) is 1. The highest BCUT2D eigenvalue weighted by Gasteiger charge is 2.12. The van der Waals surface area contributed by atoms with E-state index in [0.29, 0.717) is 16.6 Å². The van der Waals surface area contributed by atoms with Crippen LogP contribution in [-0.2, 0) is 16.1 Å². The largest absolute Gasteiger partial charge is 0.383 e. The fraction of sp³-hybridized carbons (Fsp3) is 0.364. The summed E-state index contributed by atoms with van der Waals surface area (Å²) < 4.78 is 4.79. The van der Waals surface area contributed by atoms with Gasteiger partial charge in [-0.3, -0.25) is 4.79 Å². The van der Waals surface area contributed by atoms with Gasteiger partial charge in [-0.05, 0) is 17.7 Å². The summed E-state index contributed by atoms with van der Waals surface area (Å²) in [4.78, 5) is 11.5. The molecule has 0 spiro atoms. The SMILES string of the molecule is COCC(N)C(=O)NCc1ccc(Cl)cc1Cl. The molecule has 94 valence electrons. The van der Waals surface area contributed by atoms with Gasteiger partial charge in [-0.15, -0.1) is 0 Å². The number of halogens is 2. The molecule has 0 fully saturated rings. The molecular formula is C11H14Cl2N2O2. The van der Waals surface area contributed by atoms with Crippen LogP contribution in [-0.4, -0.2) is 25.7 Å². The van der Waals surface area contributed by atoms with Crippen molar-refractivity contribution in [2.75, 3.05) is 13.7 Å². The molecule has 6 heteroatoms. The molecule has 0 aliphatic rings. The molecule has 0 aliphatic carbocycles. The second kappa shape index (κ2) is 6.81. The molecule has 3 N–H and O–H groups in total. The number of nitrogens with one attached hydrogen (secondary N) is 1. The Morgan fingerprint density at radius 1 is 1.53 bits per heavy atom. The van der Waals surface area contributed by atoms with E-state index in [0.717, 1.165) is 5.56 Å². The van der Waals surface area contributed by atoms with Crippen LogP contribution in [0.3, 0.4) is 0 Å². The minimum atomic E-state index is -0.675. The smallest absolute Gasteiger partial charge is 0.239 e. The first-order chi connectivity index (χ1) is 8.04. The van der Waals surface area contributed by atoms with E-state index >= 15 is 0 Å². The molecule has 0 radical (unpaired) electrons. The van der Waals surface area contributed by atoms with Gasteiger partial charge in [-0.25, -0.2) is 0 Å². The summed E-state index contributed by atoms with van der Waals surface area (Å²) in [5.41, 5.74) is 6.35. The predicted molar refractivity (Wildman–Crippen MR) is 68.2 cm³/mol. The first kappa shape index (κ1) is 14.3. The van der Waals surface area contributed by atoms with Crippen molar-refractivity contribution in [3.05, 3.63) is 33.8 Å². The van der Waals surface area contributed by atoms with Crippen molar-refractivity contribution in [1.29, 1.82) is 0 Å². The van der Waals surface area contributed by atoms with E-state index in [2.05, 4.69) is 5.32 Å². The molecule has 1 aromatic carbocycles. The van der Waals surface area contributed by atoms with Gasteiger partial charge in [0.15, 0.2) is 0 Å². The lowest BCUT2D eigenvalue weighted by atomic mass is 10.2. The van der Waals surface area contributed by atoms with E-state index in [1.165, 1.54) is 7.11 Å². The fourth-order valence-corrected chi connectivity index (χ4v) is 1.71. The van der Waals surface area contributed by atoms with Crippen molar-refractivity contribution >= 4 is 29.1 Å². The third-order valence-corrected chi connectivity index (χ3v) is 2.74. The number of benzene rings is 1. The minimum absolute atomic E-state index is 0.181. The molecule has 0 saturated heterocycles. The second-order valence-electron chi connectivity index (χ2n) is 3.52. The van der Waals surface area contributed by atoms with Crippen LogP contribution in [0.2, 0.25) is 10.0 Å². The lowest BCUT2D eigenvalue weighted by Crippen LogP contribution is -2.43. The summed E-state index contributed by atoms with van der Waals surface area (Å²) in [5, 5.41) is 3.74. The minimum Gasteiger partial charge on any atom is -0.383 e. The summed E-state index contributed by atoms with van der Waals surface area (Å²) >= 11 is 11.7. The summed E-state index contributed by atoms with van der Waals surface area (Å²) in [6, 6.07) is 4.42. The molecule has 1 atom stereocenters. The van der Waals surface area contributed by atoms with E-state index < -0.39 is 6.04 Å². The van der Waals surface area contributed by atoms with Gasteiger partial charge in [-0.1, -0.05) is 29.3 Å². The number of carbonyl (C=O) groups is 1. The molecule has 4 nitrogen and oxygen atoms in total. The third-order valence-electron chi connectivity index (χ3n) is 2.15. The Morgan fingerprint density at radius 3 is 2.82 bits per heavy atom. The molecule has 1 unspecified atom stereocenters. The van der Waals surface area contributed by atoms with Gasteiger partial charge in [0.2, 0.25) is 5.91 Å². The Labute approximate surface area is 110 Å². The van der Waals surface area contributed by atoms with Crippen LogP contribution in [0.15, 0.2) is 18.2 Å². The maximum atomic E-state index is 11.5. The number of rotatable bonds is 5. The van der Waals surface area contributed by atoms with E-state index in [1.807, 2.05) is 0 Å². The molecule has 0 heterocycles. The molecule has 1 amide bonds. The van der Waals surface area contributed by atoms with Crippen LogP contribution >= 0.6 is 23.2 Å². The highest BCUT2D eigenvalue weighted by Crippen LogP contribution is 2.20. The lowest BCUT2D eigenvalue weighted by molar-refractivity contribution is -0.123. The number of hydrogen-bond acceptors (Lipinski definition) is 3. The zero-order valence-electron chi connectivity index (χ0n) is 9.37. The van der Waals surface area contributed by atoms with Gasteiger partial charge in [0.25, 0.3) is 0 Å². The summed E-state index contributed by atoms with van der Waals surface area (Å²) in [6.07, 6.45) is 0. The molecule has 0 bridgehead atoms. The number of carbonyl (C=O) groups excluding carboxylic acids is 1. The fourth-order valence-electron chi connectivity index (χ4n) is 1.23. The van der Waals surface area contributed by atoms with Crippen molar-refractivity contribution < 1.29 is 9.53 Å². The molecule has 1 aromatic rings. The molecule has 0 aliphatic heterocycles. The van der Waals surface area contributed by atoms with Crippen molar-refractivity contribution in [2.45, 2.75) is 12.6 Å². The molecule has 17 heavy (non-hydrogen) atoms. The van der Waals surface area contributed by atoms with Crippen LogP contribution in [0.5, 0.6) is 0 Å². The Morgan fingerprint density at radius 2 is 2.24 bits per heavy atom. The van der Waals surface area contributed by atoms with Crippen LogP contribution in [0.4, 0.5) is 0 Å². The van der Waals surface area contributed by atoms with Gasteiger partial charge in [0.05, 0.1) is 6.61 Å². The van der Waals surface area contributed by atoms with Gasteiger partial charge in [0, 0.05) is 23.7 Å². The normalized spacial score (nSPS) is 12.2. The van der Waals surface area contributed by atoms with Gasteiger partial charge in [-0.2, -0.15) is 0 Å². The van der Waals surface area contributed by atoms with Crippen LogP contribution < -0.4 is 11.1 Å². The predicted octanol–water partition coefficient (Wildman–Crippen LogP) is 1.58. The summed E-state index contributed by atoms with van der Waals surface area (Å²) in [5.74, 6) is -0.280. The highest BCUT2D eigenvalue weighted by atomic mass is 35.5. The van der Waals surface area contributed by atoms with E-state index in [4.69, 9.17) is 33.7 Å². The number of hydrogen-bond donors (Lipinski definition) is 2. The summed E-state index contributed by atoms with van der Waals surface area (Å²) in [7, 11) is 1.49. The monoisotopic (exact) mass is 276 g/mol.